The summed E-state index contributed by atoms with van der Waals surface area (Å²) in [5, 5.41) is 18.1. The molecule has 1 heterocycles. The fourth-order valence-corrected chi connectivity index (χ4v) is 1.99. The Morgan fingerprint density at radius 1 is 1.26 bits per heavy atom. The van der Waals surface area contributed by atoms with Gasteiger partial charge in [0.1, 0.15) is 11.6 Å². The summed E-state index contributed by atoms with van der Waals surface area (Å²) in [6, 6.07) is 1.68. The summed E-state index contributed by atoms with van der Waals surface area (Å²) in [6.45, 7) is 5.28. The van der Waals surface area contributed by atoms with E-state index in [2.05, 4.69) is 0 Å². The van der Waals surface area contributed by atoms with Crippen molar-refractivity contribution in [3.05, 3.63) is 33.7 Å². The van der Waals surface area contributed by atoms with Gasteiger partial charge in [0.05, 0.1) is 0 Å². The number of carbonyl (C=O) groups is 2. The van der Waals surface area contributed by atoms with Crippen LogP contribution in [-0.4, -0.2) is 26.7 Å². The molecule has 0 aliphatic heterocycles. The Bertz CT molecular complexity index is 559. The Morgan fingerprint density at radius 2 is 1.84 bits per heavy atom. The number of carboxylic acid groups (broad SMARTS) is 2. The second-order valence-corrected chi connectivity index (χ2v) is 4.57. The average Bonchev–Trinajstić information content (AvgIpc) is 2.30. The van der Waals surface area contributed by atoms with Crippen molar-refractivity contribution < 1.29 is 19.8 Å². The quantitative estimate of drug-likeness (QED) is 0.846. The third-order valence-electron chi connectivity index (χ3n) is 2.95. The Labute approximate surface area is 110 Å². The van der Waals surface area contributed by atoms with Gasteiger partial charge >= 0.3 is 11.9 Å². The van der Waals surface area contributed by atoms with E-state index in [0.29, 0.717) is 5.69 Å². The first-order valence-corrected chi connectivity index (χ1v) is 6.02. The van der Waals surface area contributed by atoms with Crippen LogP contribution in [0.4, 0.5) is 0 Å². The number of hydrogen-bond acceptors (Lipinski definition) is 3. The molecule has 6 nitrogen and oxygen atoms in total. The van der Waals surface area contributed by atoms with Crippen LogP contribution in [0.5, 0.6) is 0 Å². The normalized spacial score (nSPS) is 12.4. The van der Waals surface area contributed by atoms with Crippen LogP contribution in [0.1, 0.15) is 55.2 Å². The van der Waals surface area contributed by atoms with Crippen molar-refractivity contribution in [2.75, 3.05) is 0 Å². The zero-order valence-electron chi connectivity index (χ0n) is 11.1. The summed E-state index contributed by atoms with van der Waals surface area (Å²) in [5.41, 5.74) is -0.665. The Hall–Kier alpha value is -2.11. The van der Waals surface area contributed by atoms with Crippen molar-refractivity contribution in [2.45, 2.75) is 39.2 Å². The molecule has 0 aliphatic rings. The maximum absolute atomic E-state index is 12.2. The molecule has 0 spiro atoms. The molecule has 0 saturated carbocycles. The Morgan fingerprint density at radius 3 is 2.21 bits per heavy atom. The zero-order valence-corrected chi connectivity index (χ0v) is 11.1. The third-order valence-corrected chi connectivity index (χ3v) is 2.95. The topological polar surface area (TPSA) is 96.6 Å². The summed E-state index contributed by atoms with van der Waals surface area (Å²) in [6.07, 6.45) is 0.206. The van der Waals surface area contributed by atoms with Crippen LogP contribution >= 0.6 is 0 Å². The molecule has 0 aliphatic carbocycles. The van der Waals surface area contributed by atoms with E-state index in [-0.39, 0.29) is 12.3 Å². The highest BCUT2D eigenvalue weighted by Gasteiger charge is 2.25. The van der Waals surface area contributed by atoms with Crippen molar-refractivity contribution in [1.82, 2.24) is 4.57 Å². The van der Waals surface area contributed by atoms with E-state index < -0.39 is 29.1 Å². The first kappa shape index (κ1) is 14.9. The first-order valence-electron chi connectivity index (χ1n) is 6.02. The Kier molecular flexibility index (Phi) is 4.47. The number of aromatic nitrogens is 1. The average molecular weight is 267 g/mol. The summed E-state index contributed by atoms with van der Waals surface area (Å²) < 4.78 is 1.08. The number of nitrogens with zero attached hydrogens (tertiary/aromatic N) is 1. The maximum atomic E-state index is 12.2. The molecular formula is C13H17NO5. The molecule has 0 radical (unpaired) electrons. The molecule has 104 valence electrons. The van der Waals surface area contributed by atoms with Crippen LogP contribution in [-0.2, 0) is 4.79 Å². The minimum atomic E-state index is -1.35. The van der Waals surface area contributed by atoms with Gasteiger partial charge in [0.2, 0.25) is 0 Å². The fraction of sp³-hybridized carbons (Fsp3) is 0.462. The molecule has 1 atom stereocenters. The van der Waals surface area contributed by atoms with Gasteiger partial charge < -0.3 is 10.2 Å². The fourth-order valence-electron chi connectivity index (χ4n) is 1.99. The molecule has 1 aromatic heterocycles. The first-order chi connectivity index (χ1) is 8.81. The minimum absolute atomic E-state index is 0.0797. The van der Waals surface area contributed by atoms with E-state index in [1.807, 2.05) is 13.8 Å². The van der Waals surface area contributed by atoms with Gasteiger partial charge in [-0.05, 0) is 24.5 Å². The van der Waals surface area contributed by atoms with Gasteiger partial charge in [-0.3, -0.25) is 9.36 Å². The molecule has 0 fully saturated rings. The van der Waals surface area contributed by atoms with E-state index in [1.54, 1.807) is 6.92 Å². The number of aliphatic carboxylic acids is 1. The SMILES string of the molecule is CCC(C(=O)O)n1c(C(C)C)ccc(C(=O)O)c1=O. The zero-order chi connectivity index (χ0) is 14.7. The van der Waals surface area contributed by atoms with Gasteiger partial charge in [0.15, 0.2) is 0 Å². The largest absolute Gasteiger partial charge is 0.480 e. The minimum Gasteiger partial charge on any atom is -0.480 e. The highest BCUT2D eigenvalue weighted by atomic mass is 16.4. The second-order valence-electron chi connectivity index (χ2n) is 4.57. The van der Waals surface area contributed by atoms with Gasteiger partial charge in [-0.15, -0.1) is 0 Å². The molecule has 0 bridgehead atoms. The van der Waals surface area contributed by atoms with Crippen LogP contribution in [0, 0.1) is 0 Å². The van der Waals surface area contributed by atoms with Crippen molar-refractivity contribution >= 4 is 11.9 Å². The molecule has 0 saturated heterocycles. The van der Waals surface area contributed by atoms with Gasteiger partial charge in [-0.1, -0.05) is 20.8 Å². The van der Waals surface area contributed by atoms with E-state index >= 15 is 0 Å². The van der Waals surface area contributed by atoms with Crippen LogP contribution in [0.3, 0.4) is 0 Å². The molecule has 0 aromatic carbocycles. The molecule has 6 heteroatoms. The number of pyridine rings is 1. The molecule has 1 aromatic rings. The van der Waals surface area contributed by atoms with Gasteiger partial charge in [-0.25, -0.2) is 9.59 Å². The number of hydrogen-bond donors (Lipinski definition) is 2. The number of carboxylic acids is 2. The Balaban J connectivity index is 3.64. The van der Waals surface area contributed by atoms with Crippen LogP contribution < -0.4 is 5.56 Å². The molecule has 0 amide bonds. The third kappa shape index (κ3) is 2.83. The lowest BCUT2D eigenvalue weighted by molar-refractivity contribution is -0.141. The monoisotopic (exact) mass is 267 g/mol. The van der Waals surface area contributed by atoms with Gasteiger partial charge in [0.25, 0.3) is 5.56 Å². The highest BCUT2D eigenvalue weighted by molar-refractivity contribution is 5.87. The summed E-state index contributed by atoms with van der Waals surface area (Å²) >= 11 is 0. The van der Waals surface area contributed by atoms with Gasteiger partial charge in [0, 0.05) is 5.69 Å². The van der Waals surface area contributed by atoms with E-state index in [4.69, 9.17) is 5.11 Å². The predicted molar refractivity (Wildman–Crippen MR) is 68.7 cm³/mol. The van der Waals surface area contributed by atoms with Crippen molar-refractivity contribution in [3.8, 4) is 0 Å². The van der Waals surface area contributed by atoms with Crippen molar-refractivity contribution in [3.63, 3.8) is 0 Å². The standard InChI is InChI=1S/C13H17NO5/c1-4-9(13(18)19)14-10(7(2)3)6-5-8(11(14)15)12(16)17/h5-7,9H,4H2,1-3H3,(H,16,17)(H,18,19). The molecular weight excluding hydrogens is 250 g/mol. The molecule has 1 rings (SSSR count). The van der Waals surface area contributed by atoms with E-state index in [9.17, 15) is 19.5 Å². The van der Waals surface area contributed by atoms with Crippen LogP contribution in [0.2, 0.25) is 0 Å². The predicted octanol–water partition coefficient (Wildman–Crippen LogP) is 1.71. The van der Waals surface area contributed by atoms with Crippen LogP contribution in [0.15, 0.2) is 16.9 Å². The van der Waals surface area contributed by atoms with Crippen LogP contribution in [0.25, 0.3) is 0 Å². The molecule has 19 heavy (non-hydrogen) atoms. The smallest absolute Gasteiger partial charge is 0.341 e. The lowest BCUT2D eigenvalue weighted by Gasteiger charge is -2.21. The molecule has 1 unspecified atom stereocenters. The highest BCUT2D eigenvalue weighted by Crippen LogP contribution is 2.19. The summed E-state index contributed by atoms with van der Waals surface area (Å²) in [7, 11) is 0. The van der Waals surface area contributed by atoms with E-state index in [1.165, 1.54) is 12.1 Å². The summed E-state index contributed by atoms with van der Waals surface area (Å²) in [5.74, 6) is -2.58. The number of rotatable bonds is 5. The lowest BCUT2D eigenvalue weighted by Crippen LogP contribution is -2.35. The van der Waals surface area contributed by atoms with Crippen molar-refractivity contribution in [2.24, 2.45) is 0 Å². The second kappa shape index (κ2) is 5.69. The van der Waals surface area contributed by atoms with Gasteiger partial charge in [-0.2, -0.15) is 0 Å². The summed E-state index contributed by atoms with van der Waals surface area (Å²) in [4.78, 5) is 34.4. The maximum Gasteiger partial charge on any atom is 0.341 e. The molecule has 2 N–H and O–H groups in total. The lowest BCUT2D eigenvalue weighted by atomic mass is 10.1. The van der Waals surface area contributed by atoms with E-state index in [0.717, 1.165) is 4.57 Å². The van der Waals surface area contributed by atoms with Crippen molar-refractivity contribution in [1.29, 1.82) is 0 Å². The number of aromatic carboxylic acids is 1.